The van der Waals surface area contributed by atoms with Crippen LogP contribution in [-0.4, -0.2) is 20.2 Å². The van der Waals surface area contributed by atoms with Crippen molar-refractivity contribution in [3.05, 3.63) is 22.2 Å². The van der Waals surface area contributed by atoms with E-state index in [-0.39, 0.29) is 15.7 Å². The highest BCUT2D eigenvalue weighted by molar-refractivity contribution is 7.93. The van der Waals surface area contributed by atoms with Crippen molar-refractivity contribution in [1.29, 1.82) is 0 Å². The van der Waals surface area contributed by atoms with Crippen LogP contribution in [0.2, 0.25) is 10.0 Å². The molecule has 4 nitrogen and oxygen atoms in total. The van der Waals surface area contributed by atoms with E-state index in [0.29, 0.717) is 0 Å². The molecule has 0 amide bonds. The predicted octanol–water partition coefficient (Wildman–Crippen LogP) is 3.53. The molecular formula is C8H6Cl3F2NO3S. The smallest absolute Gasteiger partial charge is 0.387 e. The van der Waals surface area contributed by atoms with Gasteiger partial charge in [-0.3, -0.25) is 4.72 Å². The fraction of sp³-hybridized carbons (Fsp3) is 0.250. The summed E-state index contributed by atoms with van der Waals surface area (Å²) in [5.41, 5.74) is -0.00716. The second-order valence-corrected chi connectivity index (χ2v) is 6.09. The standard InChI is InChI=1S/C8H6Cl3F2NO3S/c9-3-18(15,16)14-4-1-5(10)7(6(11)2-4)17-8(12)13/h1-2,8,14H,3H2. The minimum atomic E-state index is -3.73. The Morgan fingerprint density at radius 3 is 2.17 bits per heavy atom. The number of ether oxygens (including phenoxy) is 1. The molecule has 1 aromatic carbocycles. The topological polar surface area (TPSA) is 55.4 Å². The molecule has 0 unspecified atom stereocenters. The van der Waals surface area contributed by atoms with Crippen molar-refractivity contribution in [1.82, 2.24) is 0 Å². The number of anilines is 1. The molecular weight excluding hydrogens is 335 g/mol. The number of rotatable bonds is 5. The van der Waals surface area contributed by atoms with Crippen molar-refractivity contribution in [2.24, 2.45) is 0 Å². The van der Waals surface area contributed by atoms with Crippen LogP contribution >= 0.6 is 34.8 Å². The number of sulfonamides is 1. The zero-order chi connectivity index (χ0) is 13.9. The molecule has 1 rings (SSSR count). The molecule has 0 aliphatic carbocycles. The van der Waals surface area contributed by atoms with Crippen molar-refractivity contribution in [3.8, 4) is 5.75 Å². The number of nitrogens with one attached hydrogen (secondary N) is 1. The Morgan fingerprint density at radius 1 is 1.28 bits per heavy atom. The van der Waals surface area contributed by atoms with Crippen LogP contribution in [0.4, 0.5) is 14.5 Å². The average molecular weight is 341 g/mol. The Kier molecular flexibility index (Phi) is 5.27. The van der Waals surface area contributed by atoms with E-state index in [2.05, 4.69) is 9.46 Å². The summed E-state index contributed by atoms with van der Waals surface area (Å²) in [6, 6.07) is 2.16. The Balaban J connectivity index is 3.07. The molecule has 0 aliphatic heterocycles. The monoisotopic (exact) mass is 339 g/mol. The minimum Gasteiger partial charge on any atom is -0.432 e. The number of hydrogen-bond donors (Lipinski definition) is 1. The first-order valence-corrected chi connectivity index (χ1v) is 7.20. The van der Waals surface area contributed by atoms with E-state index in [0.717, 1.165) is 12.1 Å². The molecule has 0 aliphatic rings. The molecule has 0 fully saturated rings. The summed E-state index contributed by atoms with van der Waals surface area (Å²) in [6.07, 6.45) is 0. The van der Waals surface area contributed by atoms with Crippen molar-refractivity contribution in [3.63, 3.8) is 0 Å². The molecule has 0 heterocycles. The van der Waals surface area contributed by atoms with Gasteiger partial charge in [0.15, 0.2) is 5.75 Å². The summed E-state index contributed by atoms with van der Waals surface area (Å²) in [6.45, 7) is -3.09. The lowest BCUT2D eigenvalue weighted by molar-refractivity contribution is -0.0497. The van der Waals surface area contributed by atoms with Crippen molar-refractivity contribution in [2.75, 3.05) is 9.93 Å². The first-order chi connectivity index (χ1) is 8.25. The normalized spacial score (nSPS) is 11.7. The van der Waals surface area contributed by atoms with Gasteiger partial charge >= 0.3 is 6.61 Å². The van der Waals surface area contributed by atoms with Gasteiger partial charge in [0.2, 0.25) is 10.0 Å². The SMILES string of the molecule is O=S(=O)(CCl)Nc1cc(Cl)c(OC(F)F)c(Cl)c1. The fourth-order valence-corrected chi connectivity index (χ4v) is 2.30. The molecule has 0 saturated carbocycles. The summed E-state index contributed by atoms with van der Waals surface area (Å²) in [5.74, 6) is -0.429. The molecule has 1 aromatic rings. The average Bonchev–Trinajstić information content (AvgIpc) is 2.23. The lowest BCUT2D eigenvalue weighted by Gasteiger charge is -2.11. The van der Waals surface area contributed by atoms with E-state index in [1.54, 1.807) is 0 Å². The molecule has 10 heteroatoms. The van der Waals surface area contributed by atoms with Crippen LogP contribution in [0.25, 0.3) is 0 Å². The highest BCUT2D eigenvalue weighted by Gasteiger charge is 2.16. The lowest BCUT2D eigenvalue weighted by atomic mass is 10.3. The largest absolute Gasteiger partial charge is 0.432 e. The number of hydrogen-bond acceptors (Lipinski definition) is 3. The summed E-state index contributed by atoms with van der Waals surface area (Å²) < 4.78 is 52.6. The van der Waals surface area contributed by atoms with Gasteiger partial charge in [0.05, 0.1) is 15.7 Å². The van der Waals surface area contributed by atoms with Crippen LogP contribution in [-0.2, 0) is 10.0 Å². The van der Waals surface area contributed by atoms with E-state index in [1.807, 2.05) is 0 Å². The second-order valence-electron chi connectivity index (χ2n) is 2.97. The van der Waals surface area contributed by atoms with E-state index in [9.17, 15) is 17.2 Å². The minimum absolute atomic E-state index is 0.00716. The first kappa shape index (κ1) is 15.6. The third kappa shape index (κ3) is 4.31. The van der Waals surface area contributed by atoms with Gasteiger partial charge < -0.3 is 4.74 Å². The number of halogens is 5. The highest BCUT2D eigenvalue weighted by atomic mass is 35.5. The summed E-state index contributed by atoms with van der Waals surface area (Å²) in [5, 5.41) is -1.18. The highest BCUT2D eigenvalue weighted by Crippen LogP contribution is 2.37. The Bertz CT molecular complexity index is 515. The van der Waals surface area contributed by atoms with Crippen molar-refractivity contribution >= 4 is 50.5 Å². The maximum Gasteiger partial charge on any atom is 0.387 e. The molecule has 0 radical (unpaired) electrons. The molecule has 0 atom stereocenters. The van der Waals surface area contributed by atoms with Gasteiger partial charge in [-0.2, -0.15) is 8.78 Å². The van der Waals surface area contributed by atoms with Gasteiger partial charge in [-0.25, -0.2) is 8.42 Å². The van der Waals surface area contributed by atoms with Crippen LogP contribution in [0.1, 0.15) is 0 Å². The molecule has 0 spiro atoms. The van der Waals surface area contributed by atoms with E-state index in [1.165, 1.54) is 0 Å². The van der Waals surface area contributed by atoms with Crippen LogP contribution in [0.3, 0.4) is 0 Å². The maximum absolute atomic E-state index is 12.0. The maximum atomic E-state index is 12.0. The van der Waals surface area contributed by atoms with Gasteiger partial charge in [0.1, 0.15) is 5.21 Å². The molecule has 0 saturated heterocycles. The third-order valence-corrected chi connectivity index (χ3v) is 3.88. The van der Waals surface area contributed by atoms with Gasteiger partial charge in [-0.15, -0.1) is 11.6 Å². The van der Waals surface area contributed by atoms with Gasteiger partial charge in [0, 0.05) is 0 Å². The number of benzene rings is 1. The van der Waals surface area contributed by atoms with Crippen molar-refractivity contribution in [2.45, 2.75) is 6.61 Å². The van der Waals surface area contributed by atoms with Gasteiger partial charge in [-0.05, 0) is 12.1 Å². The van der Waals surface area contributed by atoms with Gasteiger partial charge in [0.25, 0.3) is 0 Å². The molecule has 102 valence electrons. The molecule has 1 N–H and O–H groups in total. The summed E-state index contributed by atoms with van der Waals surface area (Å²) in [4.78, 5) is 0. The van der Waals surface area contributed by atoms with Crippen LogP contribution in [0, 0.1) is 0 Å². The van der Waals surface area contributed by atoms with Gasteiger partial charge in [-0.1, -0.05) is 23.2 Å². The zero-order valence-corrected chi connectivity index (χ0v) is 11.5. The summed E-state index contributed by atoms with van der Waals surface area (Å²) in [7, 11) is -3.73. The predicted molar refractivity (Wildman–Crippen MR) is 66.4 cm³/mol. The van der Waals surface area contributed by atoms with Crippen LogP contribution in [0.5, 0.6) is 5.75 Å². The van der Waals surface area contributed by atoms with E-state index >= 15 is 0 Å². The Hall–Kier alpha value is -0.500. The zero-order valence-electron chi connectivity index (χ0n) is 8.46. The van der Waals surface area contributed by atoms with Crippen LogP contribution in [0.15, 0.2) is 12.1 Å². The fourth-order valence-electron chi connectivity index (χ4n) is 1.03. The van der Waals surface area contributed by atoms with E-state index in [4.69, 9.17) is 34.8 Å². The Labute approximate surface area is 117 Å². The third-order valence-electron chi connectivity index (χ3n) is 1.62. The van der Waals surface area contributed by atoms with Crippen LogP contribution < -0.4 is 9.46 Å². The Morgan fingerprint density at radius 2 is 1.78 bits per heavy atom. The first-order valence-electron chi connectivity index (χ1n) is 4.25. The molecule has 18 heavy (non-hydrogen) atoms. The second kappa shape index (κ2) is 6.10. The quantitative estimate of drug-likeness (QED) is 0.834. The number of alkyl halides is 3. The lowest BCUT2D eigenvalue weighted by Crippen LogP contribution is -2.13. The van der Waals surface area contributed by atoms with Crippen molar-refractivity contribution < 1.29 is 21.9 Å². The van der Waals surface area contributed by atoms with E-state index < -0.39 is 27.6 Å². The molecule has 0 aromatic heterocycles. The molecule has 0 bridgehead atoms. The summed E-state index contributed by atoms with van der Waals surface area (Å²) >= 11 is 16.5.